The molecule has 1 heterocycles. The first-order valence-electron chi connectivity index (χ1n) is 5.52. The highest BCUT2D eigenvalue weighted by atomic mass is 19.1. The topological polar surface area (TPSA) is 68.1 Å². The quantitative estimate of drug-likeness (QED) is 0.670. The second kappa shape index (κ2) is 4.56. The zero-order chi connectivity index (χ0) is 13.3. The number of pyridine rings is 1. The largest absolute Gasteiger partial charge is 0.373 e. The third-order valence-corrected chi connectivity index (χ3v) is 2.76. The van der Waals surface area contributed by atoms with Crippen molar-refractivity contribution in [2.75, 3.05) is 12.4 Å². The molecule has 0 aliphatic rings. The highest BCUT2D eigenvalue weighted by Gasteiger charge is 2.17. The average Bonchev–Trinajstić information content (AvgIpc) is 2.35. The number of halogens is 1. The van der Waals surface area contributed by atoms with Crippen molar-refractivity contribution in [3.63, 3.8) is 0 Å². The molecule has 0 saturated carbocycles. The number of nitrogens with one attached hydrogen (secondary N) is 1. The van der Waals surface area contributed by atoms with Crippen molar-refractivity contribution in [1.29, 1.82) is 0 Å². The van der Waals surface area contributed by atoms with Crippen molar-refractivity contribution in [2.45, 2.75) is 13.3 Å². The van der Waals surface area contributed by atoms with Gasteiger partial charge < -0.3 is 5.32 Å². The molecule has 0 fully saturated rings. The second-order valence-electron chi connectivity index (χ2n) is 3.85. The molecule has 0 spiro atoms. The Labute approximate surface area is 103 Å². The van der Waals surface area contributed by atoms with E-state index in [0.717, 1.165) is 11.6 Å². The Kier molecular flexibility index (Phi) is 3.10. The summed E-state index contributed by atoms with van der Waals surface area (Å²) in [4.78, 5) is 14.5. The number of hydrogen-bond acceptors (Lipinski definition) is 4. The van der Waals surface area contributed by atoms with Crippen LogP contribution in [0.4, 0.5) is 15.9 Å². The van der Waals surface area contributed by atoms with Gasteiger partial charge in [0, 0.05) is 12.4 Å². The minimum absolute atomic E-state index is 0.197. The summed E-state index contributed by atoms with van der Waals surface area (Å²) in [5, 5.41) is 14.2. The summed E-state index contributed by atoms with van der Waals surface area (Å²) in [5.41, 5.74) is 0.775. The number of nitro benzene ring substituents is 1. The van der Waals surface area contributed by atoms with Crippen LogP contribution in [0.3, 0.4) is 0 Å². The van der Waals surface area contributed by atoms with Gasteiger partial charge in [-0.15, -0.1) is 0 Å². The number of rotatable bonds is 3. The molecule has 2 rings (SSSR count). The number of anilines is 1. The smallest absolute Gasteiger partial charge is 0.298 e. The van der Waals surface area contributed by atoms with E-state index in [4.69, 9.17) is 0 Å². The SMILES string of the molecule is CCc1cc2cc(F)cc([N+](=O)[O-])c2nc1NC. The van der Waals surface area contributed by atoms with Crippen LogP contribution in [0.1, 0.15) is 12.5 Å². The van der Waals surface area contributed by atoms with E-state index in [9.17, 15) is 14.5 Å². The number of non-ortho nitro benzene ring substituents is 1. The van der Waals surface area contributed by atoms with Crippen molar-refractivity contribution in [3.05, 3.63) is 39.7 Å². The van der Waals surface area contributed by atoms with E-state index >= 15 is 0 Å². The monoisotopic (exact) mass is 249 g/mol. The summed E-state index contributed by atoms with van der Waals surface area (Å²) < 4.78 is 13.3. The van der Waals surface area contributed by atoms with E-state index in [1.807, 2.05) is 6.92 Å². The summed E-state index contributed by atoms with van der Waals surface area (Å²) in [7, 11) is 1.70. The molecule has 1 aromatic carbocycles. The molecule has 94 valence electrons. The fourth-order valence-corrected chi connectivity index (χ4v) is 1.90. The van der Waals surface area contributed by atoms with Crippen molar-refractivity contribution in [3.8, 4) is 0 Å². The van der Waals surface area contributed by atoms with E-state index in [1.54, 1.807) is 13.1 Å². The third kappa shape index (κ3) is 1.97. The molecular weight excluding hydrogens is 237 g/mol. The Balaban J connectivity index is 2.83. The number of fused-ring (bicyclic) bond motifs is 1. The number of aryl methyl sites for hydroxylation is 1. The molecule has 0 amide bonds. The van der Waals surface area contributed by atoms with Gasteiger partial charge >= 0.3 is 0 Å². The van der Waals surface area contributed by atoms with E-state index in [1.165, 1.54) is 6.07 Å². The Morgan fingerprint density at radius 1 is 1.44 bits per heavy atom. The summed E-state index contributed by atoms with van der Waals surface area (Å²) >= 11 is 0. The van der Waals surface area contributed by atoms with E-state index in [-0.39, 0.29) is 11.2 Å². The van der Waals surface area contributed by atoms with Crippen LogP contribution < -0.4 is 5.32 Å². The highest BCUT2D eigenvalue weighted by molar-refractivity contribution is 5.89. The summed E-state index contributed by atoms with van der Waals surface area (Å²) in [6.07, 6.45) is 0.712. The molecule has 0 atom stereocenters. The van der Waals surface area contributed by atoms with Gasteiger partial charge in [-0.2, -0.15) is 0 Å². The molecule has 0 saturated heterocycles. The molecule has 0 unspecified atom stereocenters. The lowest BCUT2D eigenvalue weighted by atomic mass is 10.1. The minimum Gasteiger partial charge on any atom is -0.373 e. The molecule has 0 aliphatic carbocycles. The van der Waals surface area contributed by atoms with Gasteiger partial charge in [0.15, 0.2) is 5.52 Å². The van der Waals surface area contributed by atoms with E-state index < -0.39 is 10.7 Å². The summed E-state index contributed by atoms with van der Waals surface area (Å²) in [6.45, 7) is 1.94. The lowest BCUT2D eigenvalue weighted by Gasteiger charge is -2.08. The normalized spacial score (nSPS) is 10.6. The van der Waals surface area contributed by atoms with Crippen LogP contribution in [0, 0.1) is 15.9 Å². The predicted octanol–water partition coefficient (Wildman–Crippen LogP) is 2.89. The Bertz CT molecular complexity index is 628. The number of aromatic nitrogens is 1. The number of nitro groups is 1. The highest BCUT2D eigenvalue weighted by Crippen LogP contribution is 2.29. The lowest BCUT2D eigenvalue weighted by molar-refractivity contribution is -0.383. The van der Waals surface area contributed by atoms with Crippen molar-refractivity contribution in [2.24, 2.45) is 0 Å². The van der Waals surface area contributed by atoms with Gasteiger partial charge in [0.2, 0.25) is 0 Å². The first-order chi connectivity index (χ1) is 8.56. The van der Waals surface area contributed by atoms with Crippen molar-refractivity contribution in [1.82, 2.24) is 4.98 Å². The van der Waals surface area contributed by atoms with Gasteiger partial charge in [0.05, 0.1) is 11.0 Å². The maximum atomic E-state index is 13.3. The number of hydrogen-bond donors (Lipinski definition) is 1. The molecule has 6 heteroatoms. The molecule has 1 N–H and O–H groups in total. The van der Waals surface area contributed by atoms with Crippen LogP contribution in [0.5, 0.6) is 0 Å². The molecular formula is C12H12FN3O2. The first-order valence-corrected chi connectivity index (χ1v) is 5.52. The van der Waals surface area contributed by atoms with Crippen LogP contribution >= 0.6 is 0 Å². The molecule has 0 bridgehead atoms. The van der Waals surface area contributed by atoms with Gasteiger partial charge in [-0.1, -0.05) is 6.92 Å². The lowest BCUT2D eigenvalue weighted by Crippen LogP contribution is -2.01. The Morgan fingerprint density at radius 3 is 2.72 bits per heavy atom. The van der Waals surface area contributed by atoms with Crippen LogP contribution in [0.15, 0.2) is 18.2 Å². The molecule has 1 aromatic heterocycles. The maximum absolute atomic E-state index is 13.3. The van der Waals surface area contributed by atoms with Crippen molar-refractivity contribution < 1.29 is 9.31 Å². The van der Waals surface area contributed by atoms with Gasteiger partial charge in [0.1, 0.15) is 11.6 Å². The molecule has 2 aromatic rings. The third-order valence-electron chi connectivity index (χ3n) is 2.76. The summed E-state index contributed by atoms with van der Waals surface area (Å²) in [6, 6.07) is 3.87. The van der Waals surface area contributed by atoms with Crippen LogP contribution in [0.2, 0.25) is 0 Å². The van der Waals surface area contributed by atoms with E-state index in [2.05, 4.69) is 10.3 Å². The zero-order valence-electron chi connectivity index (χ0n) is 10.0. The number of benzene rings is 1. The fourth-order valence-electron chi connectivity index (χ4n) is 1.90. The zero-order valence-corrected chi connectivity index (χ0v) is 10.0. The molecule has 0 aliphatic heterocycles. The number of nitrogens with zero attached hydrogens (tertiary/aromatic N) is 2. The van der Waals surface area contributed by atoms with Crippen LogP contribution in [0.25, 0.3) is 10.9 Å². The van der Waals surface area contributed by atoms with Gasteiger partial charge in [0.25, 0.3) is 5.69 Å². The van der Waals surface area contributed by atoms with Gasteiger partial charge in [-0.25, -0.2) is 9.37 Å². The average molecular weight is 249 g/mol. The standard InChI is InChI=1S/C12H12FN3O2/c1-3-7-4-8-5-9(13)6-10(16(17)18)11(8)15-12(7)14-2/h4-6H,3H2,1-2H3,(H,14,15). The minimum atomic E-state index is -0.629. The Morgan fingerprint density at radius 2 is 2.17 bits per heavy atom. The second-order valence-corrected chi connectivity index (χ2v) is 3.85. The van der Waals surface area contributed by atoms with Crippen LogP contribution in [-0.2, 0) is 6.42 Å². The fraction of sp³-hybridized carbons (Fsp3) is 0.250. The molecule has 5 nitrogen and oxygen atoms in total. The first kappa shape index (κ1) is 12.2. The molecule has 0 radical (unpaired) electrons. The summed E-state index contributed by atoms with van der Waals surface area (Å²) in [5.74, 6) is -0.0463. The Hall–Kier alpha value is -2.24. The van der Waals surface area contributed by atoms with E-state index in [0.29, 0.717) is 17.6 Å². The van der Waals surface area contributed by atoms with Crippen LogP contribution in [-0.4, -0.2) is 17.0 Å². The molecule has 18 heavy (non-hydrogen) atoms. The maximum Gasteiger partial charge on any atom is 0.298 e. The van der Waals surface area contributed by atoms with Crippen molar-refractivity contribution >= 4 is 22.4 Å². The van der Waals surface area contributed by atoms with Gasteiger partial charge in [-0.3, -0.25) is 10.1 Å². The van der Waals surface area contributed by atoms with Gasteiger partial charge in [-0.05, 0) is 24.1 Å². The predicted molar refractivity (Wildman–Crippen MR) is 67.3 cm³/mol.